The van der Waals surface area contributed by atoms with Gasteiger partial charge in [-0.3, -0.25) is 4.40 Å². The number of imidazole rings is 1. The summed E-state index contributed by atoms with van der Waals surface area (Å²) in [4.78, 5) is 5.93. The molecule has 4 rings (SSSR count). The molecule has 0 aliphatic heterocycles. The lowest BCUT2D eigenvalue weighted by Crippen LogP contribution is -2.07. The molecule has 2 aromatic heterocycles. The smallest absolute Gasteiger partial charge is 0.197 e. The first-order valence-corrected chi connectivity index (χ1v) is 10.3. The number of thiazole rings is 1. The van der Waals surface area contributed by atoms with Crippen LogP contribution in [0.25, 0.3) is 26.4 Å². The summed E-state index contributed by atoms with van der Waals surface area (Å²) >= 11 is 1.70. The van der Waals surface area contributed by atoms with Crippen LogP contribution in [0, 0.1) is 6.92 Å². The van der Waals surface area contributed by atoms with Crippen LogP contribution in [-0.4, -0.2) is 43.9 Å². The minimum Gasteiger partial charge on any atom is -0.493 e. The van der Waals surface area contributed by atoms with E-state index in [4.69, 9.17) is 19.2 Å². The molecule has 0 saturated carbocycles. The van der Waals surface area contributed by atoms with E-state index in [9.17, 15) is 0 Å². The Hall–Kier alpha value is -2.77. The van der Waals surface area contributed by atoms with Crippen molar-refractivity contribution in [3.05, 3.63) is 42.0 Å². The van der Waals surface area contributed by atoms with Crippen LogP contribution in [0.3, 0.4) is 0 Å². The Kier molecular flexibility index (Phi) is 5.60. The molecular formula is C22H25N3O3S. The van der Waals surface area contributed by atoms with Crippen molar-refractivity contribution >= 4 is 32.3 Å². The van der Waals surface area contributed by atoms with Crippen molar-refractivity contribution in [3.8, 4) is 22.8 Å². The first-order valence-electron chi connectivity index (χ1n) is 9.53. The lowest BCUT2D eigenvalue weighted by atomic mass is 10.1. The van der Waals surface area contributed by atoms with Gasteiger partial charge in [-0.25, -0.2) is 4.98 Å². The van der Waals surface area contributed by atoms with Gasteiger partial charge in [0.2, 0.25) is 0 Å². The highest BCUT2D eigenvalue weighted by atomic mass is 32.1. The fourth-order valence-electron chi connectivity index (χ4n) is 3.45. The molecule has 0 fully saturated rings. The van der Waals surface area contributed by atoms with E-state index in [-0.39, 0.29) is 0 Å². The summed E-state index contributed by atoms with van der Waals surface area (Å²) in [6, 6.07) is 12.4. The van der Waals surface area contributed by atoms with Crippen LogP contribution >= 0.6 is 11.3 Å². The third-order valence-corrected chi connectivity index (χ3v) is 5.88. The lowest BCUT2D eigenvalue weighted by Gasteiger charge is -2.11. The summed E-state index contributed by atoms with van der Waals surface area (Å²) in [5.41, 5.74) is 4.28. The Balaban J connectivity index is 1.86. The monoisotopic (exact) mass is 411 g/mol. The second-order valence-corrected chi connectivity index (χ2v) is 7.85. The number of hydrogen-bond donors (Lipinski definition) is 1. The third kappa shape index (κ3) is 3.63. The molecule has 0 spiro atoms. The van der Waals surface area contributed by atoms with Crippen molar-refractivity contribution in [1.29, 1.82) is 0 Å². The van der Waals surface area contributed by atoms with Gasteiger partial charge in [0.25, 0.3) is 0 Å². The maximum absolute atomic E-state index is 5.50. The Labute approximate surface area is 174 Å². The maximum atomic E-state index is 5.50. The van der Waals surface area contributed by atoms with Gasteiger partial charge in [0.1, 0.15) is 11.5 Å². The number of ether oxygens (including phenoxy) is 3. The zero-order chi connectivity index (χ0) is 20.4. The van der Waals surface area contributed by atoms with Crippen LogP contribution in [0.15, 0.2) is 36.4 Å². The minimum absolute atomic E-state index is 0.687. The Morgan fingerprint density at radius 2 is 1.86 bits per heavy atom. The number of aromatic nitrogens is 2. The van der Waals surface area contributed by atoms with Crippen molar-refractivity contribution in [1.82, 2.24) is 9.38 Å². The van der Waals surface area contributed by atoms with Gasteiger partial charge in [0.15, 0.2) is 16.5 Å². The van der Waals surface area contributed by atoms with Crippen molar-refractivity contribution in [2.45, 2.75) is 13.3 Å². The van der Waals surface area contributed by atoms with E-state index in [0.29, 0.717) is 18.1 Å². The highest BCUT2D eigenvalue weighted by Gasteiger charge is 2.19. The average Bonchev–Trinajstić information content (AvgIpc) is 3.26. The summed E-state index contributed by atoms with van der Waals surface area (Å²) in [5.74, 6) is 2.37. The molecule has 0 radical (unpaired) electrons. The Bertz CT molecular complexity index is 1150. The van der Waals surface area contributed by atoms with Crippen LogP contribution in [0.2, 0.25) is 0 Å². The van der Waals surface area contributed by atoms with Gasteiger partial charge >= 0.3 is 0 Å². The van der Waals surface area contributed by atoms with Crippen LogP contribution < -0.4 is 14.8 Å². The van der Waals surface area contributed by atoms with E-state index in [0.717, 1.165) is 40.5 Å². The molecule has 0 saturated heterocycles. The molecule has 1 N–H and O–H groups in total. The molecule has 0 unspecified atom stereocenters. The second-order valence-electron chi connectivity index (χ2n) is 6.84. The molecule has 0 aliphatic rings. The number of nitrogens with zero attached hydrogens (tertiary/aromatic N) is 2. The average molecular weight is 412 g/mol. The number of anilines is 1. The van der Waals surface area contributed by atoms with Crippen LogP contribution in [0.5, 0.6) is 11.5 Å². The van der Waals surface area contributed by atoms with Crippen molar-refractivity contribution in [2.24, 2.45) is 0 Å². The molecule has 2 heterocycles. The highest BCUT2D eigenvalue weighted by molar-refractivity contribution is 7.23. The van der Waals surface area contributed by atoms with E-state index in [1.807, 2.05) is 18.2 Å². The van der Waals surface area contributed by atoms with Crippen LogP contribution in [0.1, 0.15) is 12.0 Å². The zero-order valence-corrected chi connectivity index (χ0v) is 17.9. The number of rotatable bonds is 8. The fourth-order valence-corrected chi connectivity index (χ4v) is 4.57. The first kappa shape index (κ1) is 19.5. The van der Waals surface area contributed by atoms with E-state index >= 15 is 0 Å². The van der Waals surface area contributed by atoms with E-state index in [2.05, 4.69) is 34.8 Å². The van der Waals surface area contributed by atoms with Gasteiger partial charge in [-0.05, 0) is 49.2 Å². The largest absolute Gasteiger partial charge is 0.493 e. The molecule has 0 atom stereocenters. The Morgan fingerprint density at radius 1 is 1.03 bits per heavy atom. The van der Waals surface area contributed by atoms with E-state index < -0.39 is 0 Å². The molecule has 7 heteroatoms. The topological polar surface area (TPSA) is 57.0 Å². The molecule has 0 bridgehead atoms. The predicted molar refractivity (Wildman–Crippen MR) is 119 cm³/mol. The first-order chi connectivity index (χ1) is 14.2. The van der Waals surface area contributed by atoms with E-state index in [1.54, 1.807) is 32.7 Å². The molecule has 4 aromatic rings. The second kappa shape index (κ2) is 8.31. The predicted octanol–water partition coefficient (Wildman–Crippen LogP) is 4.99. The number of nitrogens with one attached hydrogen (secondary N) is 1. The highest BCUT2D eigenvalue weighted by Crippen LogP contribution is 2.39. The summed E-state index contributed by atoms with van der Waals surface area (Å²) in [6.45, 7) is 3.62. The van der Waals surface area contributed by atoms with Gasteiger partial charge < -0.3 is 19.5 Å². The van der Waals surface area contributed by atoms with E-state index in [1.165, 1.54) is 10.3 Å². The van der Waals surface area contributed by atoms with Crippen molar-refractivity contribution in [3.63, 3.8) is 0 Å². The Morgan fingerprint density at radius 3 is 2.62 bits per heavy atom. The van der Waals surface area contributed by atoms with Crippen molar-refractivity contribution in [2.75, 3.05) is 39.8 Å². The summed E-state index contributed by atoms with van der Waals surface area (Å²) in [7, 11) is 5.01. The van der Waals surface area contributed by atoms with Gasteiger partial charge in [0.05, 0.1) is 24.4 Å². The molecule has 29 heavy (non-hydrogen) atoms. The number of hydrogen-bond acceptors (Lipinski definition) is 6. The number of fused-ring (bicyclic) bond motifs is 3. The summed E-state index contributed by atoms with van der Waals surface area (Å²) < 4.78 is 19.5. The van der Waals surface area contributed by atoms with Crippen molar-refractivity contribution < 1.29 is 14.2 Å². The molecular weight excluding hydrogens is 386 g/mol. The van der Waals surface area contributed by atoms with Gasteiger partial charge in [-0.1, -0.05) is 17.4 Å². The molecule has 0 amide bonds. The standard InChI is InChI=1S/C22H25N3O3S/c1-14-6-8-16-19(12-14)29-22-24-20(21(25(16)22)23-10-5-11-26-2)15-7-9-17(27-3)18(13-15)28-4/h6-9,12-13,23H,5,10-11H2,1-4H3. The maximum Gasteiger partial charge on any atom is 0.197 e. The molecule has 2 aromatic carbocycles. The fraction of sp³-hybridized carbons (Fsp3) is 0.318. The normalized spacial score (nSPS) is 11.3. The number of benzene rings is 2. The molecule has 6 nitrogen and oxygen atoms in total. The minimum atomic E-state index is 0.687. The zero-order valence-electron chi connectivity index (χ0n) is 17.1. The van der Waals surface area contributed by atoms with Gasteiger partial charge in [0, 0.05) is 25.8 Å². The lowest BCUT2D eigenvalue weighted by molar-refractivity contribution is 0.198. The summed E-state index contributed by atoms with van der Waals surface area (Å²) in [6.07, 6.45) is 0.913. The summed E-state index contributed by atoms with van der Waals surface area (Å²) in [5, 5.41) is 3.58. The molecule has 0 aliphatic carbocycles. The van der Waals surface area contributed by atoms with Crippen LogP contribution in [0.4, 0.5) is 5.82 Å². The van der Waals surface area contributed by atoms with Gasteiger partial charge in [-0.2, -0.15) is 0 Å². The third-order valence-electron chi connectivity index (χ3n) is 4.88. The number of aryl methyl sites for hydroxylation is 1. The number of methoxy groups -OCH3 is 3. The quantitative estimate of drug-likeness (QED) is 0.414. The van der Waals surface area contributed by atoms with Gasteiger partial charge in [-0.15, -0.1) is 0 Å². The van der Waals surface area contributed by atoms with Crippen LogP contribution in [-0.2, 0) is 4.74 Å². The SMILES string of the molecule is COCCCNc1c(-c2ccc(OC)c(OC)c2)nc2sc3cc(C)ccc3n12. The molecule has 152 valence electrons.